The summed E-state index contributed by atoms with van der Waals surface area (Å²) in [6.07, 6.45) is 1.51. The summed E-state index contributed by atoms with van der Waals surface area (Å²) in [5.74, 6) is -0.699. The second kappa shape index (κ2) is 12.3. The van der Waals surface area contributed by atoms with E-state index in [0.29, 0.717) is 5.75 Å². The molecule has 0 bridgehead atoms. The molecule has 214 valence electrons. The third kappa shape index (κ3) is 6.25. The molecule has 1 heterocycles. The third-order valence-electron chi connectivity index (χ3n) is 6.56. The fourth-order valence-electron chi connectivity index (χ4n) is 4.47. The van der Waals surface area contributed by atoms with Crippen LogP contribution in [0.1, 0.15) is 22.5 Å². The lowest BCUT2D eigenvalue weighted by Crippen LogP contribution is -2.39. The number of hydrogen-bond donors (Lipinski definition) is 1. The highest BCUT2D eigenvalue weighted by molar-refractivity contribution is 7.92. The van der Waals surface area contributed by atoms with Crippen molar-refractivity contribution in [3.63, 3.8) is 0 Å². The van der Waals surface area contributed by atoms with Crippen LogP contribution < -0.4 is 19.2 Å². The van der Waals surface area contributed by atoms with Crippen molar-refractivity contribution in [1.82, 2.24) is 9.99 Å². The SMILES string of the molecule is COc1ccc(S(=O)(=O)N(CC(=O)N/N=C\c2cc(C)n(-c3ccccc3C)c2C)c2ccc(F)cc2)cc1OC. The van der Waals surface area contributed by atoms with Gasteiger partial charge in [0.2, 0.25) is 0 Å². The highest BCUT2D eigenvalue weighted by Gasteiger charge is 2.28. The van der Waals surface area contributed by atoms with E-state index in [1.165, 1.54) is 50.8 Å². The van der Waals surface area contributed by atoms with Crippen LogP contribution in [0.2, 0.25) is 0 Å². The zero-order valence-electron chi connectivity index (χ0n) is 23.4. The summed E-state index contributed by atoms with van der Waals surface area (Å²) in [5.41, 5.74) is 7.38. The number of ether oxygens (including phenoxy) is 2. The third-order valence-corrected chi connectivity index (χ3v) is 8.33. The number of aromatic nitrogens is 1. The summed E-state index contributed by atoms with van der Waals surface area (Å²) < 4.78 is 54.4. The molecule has 4 rings (SSSR count). The predicted octanol–water partition coefficient (Wildman–Crippen LogP) is 4.90. The molecule has 0 saturated carbocycles. The molecule has 9 nitrogen and oxygen atoms in total. The van der Waals surface area contributed by atoms with Gasteiger partial charge in [-0.05, 0) is 74.9 Å². The number of hydrogen-bond acceptors (Lipinski definition) is 6. The summed E-state index contributed by atoms with van der Waals surface area (Å²) in [7, 11) is -1.46. The molecule has 1 aromatic heterocycles. The van der Waals surface area contributed by atoms with Crippen LogP contribution in [0.25, 0.3) is 5.69 Å². The van der Waals surface area contributed by atoms with Gasteiger partial charge in [-0.2, -0.15) is 5.10 Å². The first-order chi connectivity index (χ1) is 19.6. The number of nitrogens with one attached hydrogen (secondary N) is 1. The van der Waals surface area contributed by atoms with E-state index in [4.69, 9.17) is 9.47 Å². The number of halogens is 1. The van der Waals surface area contributed by atoms with Crippen molar-refractivity contribution >= 4 is 27.8 Å². The van der Waals surface area contributed by atoms with Gasteiger partial charge in [0.1, 0.15) is 12.4 Å². The molecule has 0 aliphatic rings. The molecule has 1 amide bonds. The van der Waals surface area contributed by atoms with E-state index in [1.807, 2.05) is 51.1 Å². The molecular weight excluding hydrogens is 547 g/mol. The number of sulfonamides is 1. The number of hydrazone groups is 1. The molecule has 11 heteroatoms. The summed E-state index contributed by atoms with van der Waals surface area (Å²) in [5, 5.41) is 4.08. The summed E-state index contributed by atoms with van der Waals surface area (Å²) >= 11 is 0. The fourth-order valence-corrected chi connectivity index (χ4v) is 5.91. The van der Waals surface area contributed by atoms with Gasteiger partial charge in [-0.3, -0.25) is 9.10 Å². The maximum Gasteiger partial charge on any atom is 0.264 e. The molecule has 0 atom stereocenters. The Morgan fingerprint density at radius 2 is 1.66 bits per heavy atom. The summed E-state index contributed by atoms with van der Waals surface area (Å²) in [4.78, 5) is 12.8. The van der Waals surface area contributed by atoms with E-state index in [0.717, 1.165) is 44.6 Å². The van der Waals surface area contributed by atoms with E-state index in [9.17, 15) is 17.6 Å². The van der Waals surface area contributed by atoms with Gasteiger partial charge in [0, 0.05) is 28.7 Å². The second-order valence-electron chi connectivity index (χ2n) is 9.25. The lowest BCUT2D eigenvalue weighted by Gasteiger charge is -2.24. The zero-order valence-corrected chi connectivity index (χ0v) is 24.2. The molecule has 4 aromatic rings. The van der Waals surface area contributed by atoms with Gasteiger partial charge < -0.3 is 14.0 Å². The van der Waals surface area contributed by atoms with Gasteiger partial charge in [0.15, 0.2) is 11.5 Å². The number of benzene rings is 3. The van der Waals surface area contributed by atoms with Crippen molar-refractivity contribution in [1.29, 1.82) is 0 Å². The van der Waals surface area contributed by atoms with Crippen molar-refractivity contribution in [2.45, 2.75) is 25.7 Å². The molecule has 0 aliphatic heterocycles. The van der Waals surface area contributed by atoms with Crippen LogP contribution in [-0.4, -0.2) is 45.9 Å². The Balaban J connectivity index is 1.59. The van der Waals surface area contributed by atoms with Crippen LogP contribution in [0.5, 0.6) is 11.5 Å². The van der Waals surface area contributed by atoms with Crippen molar-refractivity contribution in [3.8, 4) is 17.2 Å². The highest BCUT2D eigenvalue weighted by Crippen LogP contribution is 2.32. The average Bonchev–Trinajstić information content (AvgIpc) is 3.24. The minimum atomic E-state index is -4.28. The molecule has 41 heavy (non-hydrogen) atoms. The van der Waals surface area contributed by atoms with Gasteiger partial charge in [0.25, 0.3) is 15.9 Å². The number of carbonyl (C=O) groups excluding carboxylic acids is 1. The van der Waals surface area contributed by atoms with Crippen molar-refractivity contribution in [3.05, 3.63) is 101 Å². The quantitative estimate of drug-likeness (QED) is 0.213. The first kappa shape index (κ1) is 29.3. The van der Waals surface area contributed by atoms with Gasteiger partial charge in [-0.25, -0.2) is 18.2 Å². The van der Waals surface area contributed by atoms with Gasteiger partial charge in [0.05, 0.1) is 31.0 Å². The normalized spacial score (nSPS) is 11.5. The molecule has 1 N–H and O–H groups in total. The number of para-hydroxylation sites is 1. The number of methoxy groups -OCH3 is 2. The van der Waals surface area contributed by atoms with E-state index in [1.54, 1.807) is 0 Å². The second-order valence-corrected chi connectivity index (χ2v) is 11.1. The maximum absolute atomic E-state index is 13.7. The summed E-state index contributed by atoms with van der Waals surface area (Å²) in [6.45, 7) is 5.36. The minimum absolute atomic E-state index is 0.0992. The Kier molecular flexibility index (Phi) is 8.77. The van der Waals surface area contributed by atoms with Crippen LogP contribution in [0.15, 0.2) is 82.8 Å². The monoisotopic (exact) mass is 578 g/mol. The maximum atomic E-state index is 13.7. The molecule has 0 fully saturated rings. The largest absolute Gasteiger partial charge is 0.493 e. The number of carbonyl (C=O) groups is 1. The smallest absolute Gasteiger partial charge is 0.264 e. The minimum Gasteiger partial charge on any atom is -0.493 e. The number of amides is 1. The number of nitrogens with zero attached hydrogens (tertiary/aromatic N) is 3. The standard InChI is InChI=1S/C30H31FN4O5S/c1-20-8-6-7-9-27(20)35-21(2)16-23(22(35)3)18-32-33-30(36)19-34(25-12-10-24(31)11-13-25)41(37,38)26-14-15-28(39-4)29(17-26)40-5/h6-18H,19H2,1-5H3,(H,33,36)/b32-18-. The van der Waals surface area contributed by atoms with Crippen molar-refractivity contribution in [2.24, 2.45) is 5.10 Å². The van der Waals surface area contributed by atoms with E-state index in [-0.39, 0.29) is 16.3 Å². The molecule has 0 unspecified atom stereocenters. The lowest BCUT2D eigenvalue weighted by molar-refractivity contribution is -0.119. The van der Waals surface area contributed by atoms with Gasteiger partial charge in [-0.15, -0.1) is 0 Å². The van der Waals surface area contributed by atoms with Crippen molar-refractivity contribution in [2.75, 3.05) is 25.1 Å². The molecule has 0 aliphatic carbocycles. The van der Waals surface area contributed by atoms with Crippen molar-refractivity contribution < 1.29 is 27.1 Å². The van der Waals surface area contributed by atoms with Crippen LogP contribution in [0.4, 0.5) is 10.1 Å². The molecule has 0 radical (unpaired) electrons. The predicted molar refractivity (Wildman–Crippen MR) is 156 cm³/mol. The molecule has 0 saturated heterocycles. The molecule has 0 spiro atoms. The number of aryl methyl sites for hydroxylation is 2. The zero-order chi connectivity index (χ0) is 29.7. The Hall–Kier alpha value is -4.64. The van der Waals surface area contributed by atoms with Crippen LogP contribution >= 0.6 is 0 Å². The van der Waals surface area contributed by atoms with Gasteiger partial charge >= 0.3 is 0 Å². The van der Waals surface area contributed by atoms with Crippen LogP contribution in [-0.2, 0) is 14.8 Å². The lowest BCUT2D eigenvalue weighted by atomic mass is 10.2. The Labute approximate surface area is 238 Å². The van der Waals surface area contributed by atoms with E-state index < -0.39 is 28.3 Å². The number of rotatable bonds is 10. The highest BCUT2D eigenvalue weighted by atomic mass is 32.2. The van der Waals surface area contributed by atoms with E-state index >= 15 is 0 Å². The topological polar surface area (TPSA) is 102 Å². The van der Waals surface area contributed by atoms with Crippen LogP contribution in [0.3, 0.4) is 0 Å². The first-order valence-corrected chi connectivity index (χ1v) is 14.1. The number of anilines is 1. The molecular formula is C30H31FN4O5S. The average molecular weight is 579 g/mol. The Bertz CT molecular complexity index is 1700. The summed E-state index contributed by atoms with van der Waals surface area (Å²) in [6, 6.07) is 18.8. The first-order valence-electron chi connectivity index (χ1n) is 12.6. The molecule has 3 aromatic carbocycles. The fraction of sp³-hybridized carbons (Fsp3) is 0.200. The Morgan fingerprint density at radius 3 is 2.32 bits per heavy atom. The van der Waals surface area contributed by atoms with E-state index in [2.05, 4.69) is 15.1 Å². The Morgan fingerprint density at radius 1 is 0.976 bits per heavy atom. The van der Waals surface area contributed by atoms with Crippen LogP contribution in [0, 0.1) is 26.6 Å². The van der Waals surface area contributed by atoms with Gasteiger partial charge in [-0.1, -0.05) is 18.2 Å².